The summed E-state index contributed by atoms with van der Waals surface area (Å²) in [5, 5.41) is 35.0. The monoisotopic (exact) mass is 238 g/mol. The zero-order valence-corrected chi connectivity index (χ0v) is 10.4. The molecule has 0 spiro atoms. The van der Waals surface area contributed by atoms with Crippen molar-refractivity contribution in [3.8, 4) is 6.07 Å². The average molecular weight is 238 g/mol. The van der Waals surface area contributed by atoms with Crippen LogP contribution in [0.25, 0.3) is 0 Å². The van der Waals surface area contributed by atoms with Gasteiger partial charge in [-0.3, -0.25) is 4.68 Å². The Morgan fingerprint density at radius 1 is 1.47 bits per heavy atom. The molecule has 1 rings (SSSR count). The van der Waals surface area contributed by atoms with Gasteiger partial charge in [-0.1, -0.05) is 6.92 Å². The van der Waals surface area contributed by atoms with Gasteiger partial charge in [-0.15, -0.1) is 0 Å². The molecular formula is C11H18N4O2. The third-order valence-electron chi connectivity index (χ3n) is 3.00. The van der Waals surface area contributed by atoms with Crippen molar-refractivity contribution in [3.63, 3.8) is 0 Å². The number of anilines is 1. The molecule has 1 aromatic heterocycles. The molecule has 0 aliphatic heterocycles. The lowest BCUT2D eigenvalue weighted by atomic mass is 9.98. The van der Waals surface area contributed by atoms with Crippen LogP contribution in [-0.4, -0.2) is 38.7 Å². The molecule has 94 valence electrons. The third-order valence-corrected chi connectivity index (χ3v) is 3.00. The molecule has 0 atom stereocenters. The van der Waals surface area contributed by atoms with Crippen molar-refractivity contribution in [1.29, 1.82) is 5.26 Å². The first-order valence-corrected chi connectivity index (χ1v) is 5.47. The number of aliphatic hydroxyl groups is 2. The van der Waals surface area contributed by atoms with Gasteiger partial charge in [0.25, 0.3) is 0 Å². The number of nitrogens with zero attached hydrogens (tertiary/aromatic N) is 3. The molecule has 0 saturated heterocycles. The fourth-order valence-electron chi connectivity index (χ4n) is 1.63. The molecule has 0 amide bonds. The molecule has 0 aliphatic carbocycles. The van der Waals surface area contributed by atoms with E-state index in [9.17, 15) is 10.2 Å². The van der Waals surface area contributed by atoms with Crippen LogP contribution in [0.2, 0.25) is 0 Å². The molecule has 0 fully saturated rings. The largest absolute Gasteiger partial charge is 0.394 e. The van der Waals surface area contributed by atoms with Crippen LogP contribution < -0.4 is 5.32 Å². The maximum absolute atomic E-state index is 9.36. The van der Waals surface area contributed by atoms with E-state index in [0.717, 1.165) is 0 Å². The van der Waals surface area contributed by atoms with Crippen molar-refractivity contribution in [1.82, 2.24) is 9.78 Å². The van der Waals surface area contributed by atoms with Gasteiger partial charge in [0.2, 0.25) is 0 Å². The zero-order chi connectivity index (χ0) is 13.1. The zero-order valence-electron chi connectivity index (χ0n) is 10.4. The van der Waals surface area contributed by atoms with Crippen molar-refractivity contribution in [3.05, 3.63) is 11.3 Å². The number of hydrogen-bond acceptors (Lipinski definition) is 5. The van der Waals surface area contributed by atoms with E-state index in [1.165, 1.54) is 0 Å². The third kappa shape index (κ3) is 2.40. The Labute approximate surface area is 100 Å². The number of hydrogen-bond donors (Lipinski definition) is 3. The Balaban J connectivity index is 3.14. The Morgan fingerprint density at radius 3 is 2.47 bits per heavy atom. The van der Waals surface area contributed by atoms with Crippen LogP contribution in [0.5, 0.6) is 0 Å². The van der Waals surface area contributed by atoms with Gasteiger partial charge in [-0.05, 0) is 13.3 Å². The van der Waals surface area contributed by atoms with E-state index < -0.39 is 5.54 Å². The summed E-state index contributed by atoms with van der Waals surface area (Å²) in [7, 11) is 1.71. The molecule has 6 heteroatoms. The summed E-state index contributed by atoms with van der Waals surface area (Å²) < 4.78 is 1.55. The molecule has 3 N–H and O–H groups in total. The van der Waals surface area contributed by atoms with E-state index in [1.807, 2.05) is 6.92 Å². The van der Waals surface area contributed by atoms with Crippen LogP contribution >= 0.6 is 0 Å². The molecule has 0 saturated carbocycles. The summed E-state index contributed by atoms with van der Waals surface area (Å²) >= 11 is 0. The van der Waals surface area contributed by atoms with E-state index in [2.05, 4.69) is 16.5 Å². The van der Waals surface area contributed by atoms with E-state index in [-0.39, 0.29) is 13.2 Å². The predicted molar refractivity (Wildman–Crippen MR) is 63.5 cm³/mol. The van der Waals surface area contributed by atoms with Crippen molar-refractivity contribution in [2.45, 2.75) is 25.8 Å². The van der Waals surface area contributed by atoms with Gasteiger partial charge in [0.15, 0.2) is 0 Å². The highest BCUT2D eigenvalue weighted by Gasteiger charge is 2.29. The van der Waals surface area contributed by atoms with Gasteiger partial charge in [0, 0.05) is 7.05 Å². The van der Waals surface area contributed by atoms with Gasteiger partial charge in [0.05, 0.1) is 24.4 Å². The number of rotatable bonds is 5. The molecule has 6 nitrogen and oxygen atoms in total. The summed E-state index contributed by atoms with van der Waals surface area (Å²) in [5.74, 6) is 0.523. The van der Waals surface area contributed by atoms with Gasteiger partial charge < -0.3 is 15.5 Å². The van der Waals surface area contributed by atoms with E-state index in [4.69, 9.17) is 5.26 Å². The lowest BCUT2D eigenvalue weighted by molar-refractivity contribution is 0.132. The van der Waals surface area contributed by atoms with Gasteiger partial charge in [-0.2, -0.15) is 10.4 Å². The highest BCUT2D eigenvalue weighted by atomic mass is 16.3. The molecule has 1 heterocycles. The molecule has 1 aromatic rings. The second-order valence-corrected chi connectivity index (χ2v) is 4.12. The Morgan fingerprint density at radius 2 is 2.06 bits per heavy atom. The normalized spacial score (nSPS) is 11.3. The molecule has 0 aliphatic rings. The molecule has 0 unspecified atom stereocenters. The highest BCUT2D eigenvalue weighted by Crippen LogP contribution is 2.23. The maximum atomic E-state index is 9.36. The molecule has 0 radical (unpaired) electrons. The van der Waals surface area contributed by atoms with E-state index in [1.54, 1.807) is 18.7 Å². The van der Waals surface area contributed by atoms with Gasteiger partial charge in [-0.25, -0.2) is 0 Å². The van der Waals surface area contributed by atoms with Gasteiger partial charge >= 0.3 is 0 Å². The van der Waals surface area contributed by atoms with Crippen molar-refractivity contribution >= 4 is 5.82 Å². The van der Waals surface area contributed by atoms with Gasteiger partial charge in [0.1, 0.15) is 17.5 Å². The second kappa shape index (κ2) is 5.17. The van der Waals surface area contributed by atoms with Crippen LogP contribution in [0.3, 0.4) is 0 Å². The fourth-order valence-corrected chi connectivity index (χ4v) is 1.63. The lowest BCUT2D eigenvalue weighted by Gasteiger charge is -2.30. The standard InChI is InChI=1S/C11H18N4O2/c1-4-11(6-16,7-17)13-10-9(5-12)8(2)14-15(10)3/h13,16-17H,4,6-7H2,1-3H3. The topological polar surface area (TPSA) is 94.1 Å². The minimum atomic E-state index is -0.828. The predicted octanol–water partition coefficient (Wildman–Crippen LogP) is 0.145. The second-order valence-electron chi connectivity index (χ2n) is 4.12. The summed E-state index contributed by atoms with van der Waals surface area (Å²) in [4.78, 5) is 0. The summed E-state index contributed by atoms with van der Waals surface area (Å²) in [6.07, 6.45) is 0.537. The van der Waals surface area contributed by atoms with Crippen molar-refractivity contribution < 1.29 is 10.2 Å². The number of aromatic nitrogens is 2. The number of aliphatic hydroxyl groups excluding tert-OH is 2. The van der Waals surface area contributed by atoms with Crippen molar-refractivity contribution in [2.75, 3.05) is 18.5 Å². The first kappa shape index (κ1) is 13.5. The van der Waals surface area contributed by atoms with Crippen LogP contribution in [-0.2, 0) is 7.05 Å². The summed E-state index contributed by atoms with van der Waals surface area (Å²) in [5.41, 5.74) is 0.233. The summed E-state index contributed by atoms with van der Waals surface area (Å²) in [6, 6.07) is 2.07. The minimum Gasteiger partial charge on any atom is -0.394 e. The lowest BCUT2D eigenvalue weighted by Crippen LogP contribution is -2.45. The van der Waals surface area contributed by atoms with Crippen LogP contribution in [0, 0.1) is 18.3 Å². The Hall–Kier alpha value is -1.58. The molecule has 0 bridgehead atoms. The quantitative estimate of drug-likeness (QED) is 0.678. The Bertz CT molecular complexity index is 421. The van der Waals surface area contributed by atoms with Crippen LogP contribution in [0.15, 0.2) is 0 Å². The maximum Gasteiger partial charge on any atom is 0.142 e. The highest BCUT2D eigenvalue weighted by molar-refractivity contribution is 5.56. The molecule has 17 heavy (non-hydrogen) atoms. The Kier molecular flexibility index (Phi) is 4.10. The minimum absolute atomic E-state index is 0.213. The number of nitrogens with one attached hydrogen (secondary N) is 1. The smallest absolute Gasteiger partial charge is 0.142 e. The van der Waals surface area contributed by atoms with E-state index >= 15 is 0 Å². The average Bonchev–Trinajstić information content (AvgIpc) is 2.60. The number of nitriles is 1. The SMILES string of the molecule is CCC(CO)(CO)Nc1c(C#N)c(C)nn1C. The summed E-state index contributed by atoms with van der Waals surface area (Å²) in [6.45, 7) is 3.17. The van der Waals surface area contributed by atoms with Crippen molar-refractivity contribution in [2.24, 2.45) is 7.05 Å². The first-order chi connectivity index (χ1) is 8.03. The van der Waals surface area contributed by atoms with E-state index in [0.29, 0.717) is 23.5 Å². The molecular weight excluding hydrogens is 220 g/mol. The van der Waals surface area contributed by atoms with Crippen LogP contribution in [0.1, 0.15) is 24.6 Å². The van der Waals surface area contributed by atoms with Crippen LogP contribution in [0.4, 0.5) is 5.82 Å². The number of aryl methyl sites for hydroxylation is 2. The fraction of sp³-hybridized carbons (Fsp3) is 0.636. The first-order valence-electron chi connectivity index (χ1n) is 5.47. The molecule has 0 aromatic carbocycles.